The van der Waals surface area contributed by atoms with Crippen LogP contribution in [0.2, 0.25) is 0 Å². The number of hydrogen-bond donors (Lipinski definition) is 2. The smallest absolute Gasteiger partial charge is 0.119 e. The third-order valence-electron chi connectivity index (χ3n) is 2.90. The lowest BCUT2D eigenvalue weighted by atomic mass is 10.0. The number of unbranched alkanes of at least 4 members (excludes halogenated alkanes) is 1. The highest BCUT2D eigenvalue weighted by molar-refractivity contribution is 9.10. The normalized spacial score (nSPS) is 10.9. The van der Waals surface area contributed by atoms with Gasteiger partial charge >= 0.3 is 0 Å². The highest BCUT2D eigenvalue weighted by atomic mass is 79.9. The lowest BCUT2D eigenvalue weighted by Gasteiger charge is -2.07. The Hall–Kier alpha value is -1.06. The van der Waals surface area contributed by atoms with E-state index in [1.807, 2.05) is 18.2 Å². The molecule has 0 bridgehead atoms. The van der Waals surface area contributed by atoms with Crippen LogP contribution in [0.1, 0.15) is 18.4 Å². The molecule has 0 radical (unpaired) electrons. The Bertz CT molecular complexity index is 525. The van der Waals surface area contributed by atoms with Crippen LogP contribution in [0.15, 0.2) is 34.8 Å². The molecule has 0 aliphatic carbocycles. The van der Waals surface area contributed by atoms with Gasteiger partial charge in [-0.15, -0.1) is 0 Å². The second kappa shape index (κ2) is 5.52. The van der Waals surface area contributed by atoms with Crippen LogP contribution in [0.25, 0.3) is 10.8 Å². The first-order chi connectivity index (χ1) is 8.20. The highest BCUT2D eigenvalue weighted by Crippen LogP contribution is 2.28. The van der Waals surface area contributed by atoms with E-state index in [0.29, 0.717) is 12.3 Å². The average Bonchev–Trinajstić information content (AvgIpc) is 2.31. The minimum absolute atomic E-state index is 0.386. The SMILES string of the molecule is NCCCCc1cc2cc(Br)ccc2cc1O. The fraction of sp³-hybridized carbons (Fsp3) is 0.286. The number of fused-ring (bicyclic) bond motifs is 1. The molecule has 17 heavy (non-hydrogen) atoms. The Balaban J connectivity index is 2.32. The van der Waals surface area contributed by atoms with Crippen LogP contribution in [0.4, 0.5) is 0 Å². The van der Waals surface area contributed by atoms with Crippen LogP contribution < -0.4 is 5.73 Å². The number of phenolic OH excluding ortho intramolecular Hbond substituents is 1. The van der Waals surface area contributed by atoms with Crippen molar-refractivity contribution in [3.05, 3.63) is 40.4 Å². The zero-order valence-electron chi connectivity index (χ0n) is 9.62. The van der Waals surface area contributed by atoms with Gasteiger partial charge in [0.05, 0.1) is 0 Å². The summed E-state index contributed by atoms with van der Waals surface area (Å²) in [6.07, 6.45) is 2.89. The lowest BCUT2D eigenvalue weighted by molar-refractivity contribution is 0.467. The molecule has 0 saturated heterocycles. The van der Waals surface area contributed by atoms with Crippen molar-refractivity contribution in [3.63, 3.8) is 0 Å². The van der Waals surface area contributed by atoms with E-state index in [0.717, 1.165) is 40.1 Å². The summed E-state index contributed by atoms with van der Waals surface area (Å²) in [6.45, 7) is 0.708. The van der Waals surface area contributed by atoms with E-state index < -0.39 is 0 Å². The molecule has 2 aromatic rings. The van der Waals surface area contributed by atoms with E-state index >= 15 is 0 Å². The number of nitrogens with two attached hydrogens (primary N) is 1. The minimum atomic E-state index is 0.386. The highest BCUT2D eigenvalue weighted by Gasteiger charge is 2.04. The second-order valence-electron chi connectivity index (χ2n) is 4.22. The number of phenols is 1. The first-order valence-corrected chi connectivity index (χ1v) is 6.61. The van der Waals surface area contributed by atoms with Gasteiger partial charge in [-0.05, 0) is 66.4 Å². The van der Waals surface area contributed by atoms with Crippen molar-refractivity contribution in [3.8, 4) is 5.75 Å². The summed E-state index contributed by atoms with van der Waals surface area (Å²) in [5, 5.41) is 12.2. The molecular formula is C14H16BrNO. The van der Waals surface area contributed by atoms with Crippen LogP contribution in [0, 0.1) is 0 Å². The Kier molecular flexibility index (Phi) is 4.02. The molecule has 0 aliphatic heterocycles. The van der Waals surface area contributed by atoms with Gasteiger partial charge in [0, 0.05) is 4.47 Å². The Morgan fingerprint density at radius 2 is 1.88 bits per heavy atom. The number of benzene rings is 2. The van der Waals surface area contributed by atoms with E-state index in [1.165, 1.54) is 0 Å². The van der Waals surface area contributed by atoms with Gasteiger partial charge in [-0.25, -0.2) is 0 Å². The van der Waals surface area contributed by atoms with E-state index in [9.17, 15) is 5.11 Å². The second-order valence-corrected chi connectivity index (χ2v) is 5.13. The van der Waals surface area contributed by atoms with Crippen LogP contribution in [-0.4, -0.2) is 11.7 Å². The van der Waals surface area contributed by atoms with Gasteiger partial charge in [-0.2, -0.15) is 0 Å². The Morgan fingerprint density at radius 1 is 1.06 bits per heavy atom. The predicted octanol–water partition coefficient (Wildman–Crippen LogP) is 3.59. The molecule has 0 unspecified atom stereocenters. The van der Waals surface area contributed by atoms with Gasteiger partial charge in [-0.3, -0.25) is 0 Å². The quantitative estimate of drug-likeness (QED) is 0.846. The van der Waals surface area contributed by atoms with Crippen LogP contribution in [0.3, 0.4) is 0 Å². The topological polar surface area (TPSA) is 46.2 Å². The molecule has 90 valence electrons. The van der Waals surface area contributed by atoms with Gasteiger partial charge in [0.2, 0.25) is 0 Å². The van der Waals surface area contributed by atoms with Gasteiger partial charge in [0.1, 0.15) is 5.75 Å². The van der Waals surface area contributed by atoms with Crippen molar-refractivity contribution in [1.29, 1.82) is 0 Å². The number of aryl methyl sites for hydroxylation is 1. The van der Waals surface area contributed by atoms with Gasteiger partial charge < -0.3 is 10.8 Å². The van der Waals surface area contributed by atoms with Gasteiger partial charge in [0.25, 0.3) is 0 Å². The van der Waals surface area contributed by atoms with Crippen molar-refractivity contribution in [1.82, 2.24) is 0 Å². The Labute approximate surface area is 110 Å². The molecule has 0 saturated carbocycles. The third-order valence-corrected chi connectivity index (χ3v) is 3.39. The van der Waals surface area contributed by atoms with Crippen molar-refractivity contribution < 1.29 is 5.11 Å². The lowest BCUT2D eigenvalue weighted by Crippen LogP contribution is -1.99. The molecule has 2 aromatic carbocycles. The molecule has 0 aliphatic rings. The van der Waals surface area contributed by atoms with Crippen LogP contribution in [-0.2, 0) is 6.42 Å². The summed E-state index contributed by atoms with van der Waals surface area (Å²) < 4.78 is 1.06. The molecule has 0 heterocycles. The molecule has 2 nitrogen and oxygen atoms in total. The zero-order chi connectivity index (χ0) is 12.3. The van der Waals surface area contributed by atoms with Crippen molar-refractivity contribution in [2.45, 2.75) is 19.3 Å². The molecule has 0 aromatic heterocycles. The summed E-state index contributed by atoms with van der Waals surface area (Å²) in [5.74, 6) is 0.386. The maximum Gasteiger partial charge on any atom is 0.119 e. The Morgan fingerprint density at radius 3 is 2.65 bits per heavy atom. The summed E-state index contributed by atoms with van der Waals surface area (Å²) in [7, 11) is 0. The average molecular weight is 294 g/mol. The van der Waals surface area contributed by atoms with Crippen LogP contribution >= 0.6 is 15.9 Å². The molecule has 0 amide bonds. The van der Waals surface area contributed by atoms with E-state index in [4.69, 9.17) is 5.73 Å². The molecular weight excluding hydrogens is 278 g/mol. The fourth-order valence-corrected chi connectivity index (χ4v) is 2.34. The molecule has 3 heteroatoms. The zero-order valence-corrected chi connectivity index (χ0v) is 11.2. The molecule has 2 rings (SSSR count). The number of halogens is 1. The summed E-state index contributed by atoms with van der Waals surface area (Å²) >= 11 is 3.46. The third kappa shape index (κ3) is 2.99. The summed E-state index contributed by atoms with van der Waals surface area (Å²) in [5.41, 5.74) is 6.48. The molecule has 0 fully saturated rings. The summed E-state index contributed by atoms with van der Waals surface area (Å²) in [6, 6.07) is 9.95. The first kappa shape index (κ1) is 12.4. The van der Waals surface area contributed by atoms with Crippen molar-refractivity contribution in [2.24, 2.45) is 5.73 Å². The van der Waals surface area contributed by atoms with Crippen molar-refractivity contribution >= 4 is 26.7 Å². The number of aromatic hydroxyl groups is 1. The largest absolute Gasteiger partial charge is 0.508 e. The fourth-order valence-electron chi connectivity index (χ4n) is 1.96. The van der Waals surface area contributed by atoms with E-state index in [2.05, 4.69) is 28.1 Å². The maximum atomic E-state index is 9.93. The molecule has 3 N–H and O–H groups in total. The van der Waals surface area contributed by atoms with Gasteiger partial charge in [0.15, 0.2) is 0 Å². The summed E-state index contributed by atoms with van der Waals surface area (Å²) in [4.78, 5) is 0. The van der Waals surface area contributed by atoms with E-state index in [-0.39, 0.29) is 0 Å². The van der Waals surface area contributed by atoms with Crippen LogP contribution in [0.5, 0.6) is 5.75 Å². The first-order valence-electron chi connectivity index (χ1n) is 5.82. The predicted molar refractivity (Wildman–Crippen MR) is 75.3 cm³/mol. The molecule has 0 spiro atoms. The minimum Gasteiger partial charge on any atom is -0.508 e. The standard InChI is InChI=1S/C14H16BrNO/c15-13-5-4-10-9-14(17)11(3-1-2-6-16)7-12(10)8-13/h4-5,7-9,17H,1-3,6,16H2. The van der Waals surface area contributed by atoms with E-state index in [1.54, 1.807) is 0 Å². The number of rotatable bonds is 4. The molecule has 0 atom stereocenters. The number of hydrogen-bond acceptors (Lipinski definition) is 2. The van der Waals surface area contributed by atoms with Gasteiger partial charge in [-0.1, -0.05) is 22.0 Å². The maximum absolute atomic E-state index is 9.93. The van der Waals surface area contributed by atoms with Crippen molar-refractivity contribution in [2.75, 3.05) is 6.54 Å². The monoisotopic (exact) mass is 293 g/mol.